The van der Waals surface area contributed by atoms with Crippen molar-refractivity contribution >= 4 is 28.2 Å². The van der Waals surface area contributed by atoms with Crippen molar-refractivity contribution in [1.82, 2.24) is 15.2 Å². The summed E-state index contributed by atoms with van der Waals surface area (Å²) in [5.41, 5.74) is 1.18. The highest BCUT2D eigenvalue weighted by Crippen LogP contribution is 2.23. The molecule has 0 aliphatic heterocycles. The molecule has 0 radical (unpaired) electrons. The van der Waals surface area contributed by atoms with Gasteiger partial charge in [-0.2, -0.15) is 0 Å². The van der Waals surface area contributed by atoms with Crippen LogP contribution in [0.1, 0.15) is 40.1 Å². The zero-order chi connectivity index (χ0) is 17.1. The minimum absolute atomic E-state index is 0.366. The Kier molecular flexibility index (Phi) is 4.71. The van der Waals surface area contributed by atoms with Crippen LogP contribution in [0.15, 0.2) is 30.5 Å². The Bertz CT molecular complexity index is 876. The molecular formula is C17H17N3O3S. The van der Waals surface area contributed by atoms with E-state index in [1.807, 2.05) is 18.2 Å². The summed E-state index contributed by atoms with van der Waals surface area (Å²) in [7, 11) is 1.35. The molecule has 0 bridgehead atoms. The summed E-state index contributed by atoms with van der Waals surface area (Å²) in [6.45, 7) is 4.54. The lowest BCUT2D eigenvalue weighted by atomic mass is 10.1. The highest BCUT2D eigenvalue weighted by atomic mass is 32.1. The van der Waals surface area contributed by atoms with Gasteiger partial charge in [0.05, 0.1) is 18.2 Å². The van der Waals surface area contributed by atoms with Crippen molar-refractivity contribution in [2.75, 3.05) is 7.11 Å². The number of carbonyl (C=O) groups excluding carboxylic acids is 1. The summed E-state index contributed by atoms with van der Waals surface area (Å²) < 4.78 is 10.5. The number of fused-ring (bicyclic) bond motifs is 1. The number of pyridine rings is 1. The molecule has 6 nitrogen and oxygen atoms in total. The number of benzene rings is 1. The number of methoxy groups -OCH3 is 1. The molecular weight excluding hydrogens is 326 g/mol. The Hall–Kier alpha value is -2.54. The van der Waals surface area contributed by atoms with Gasteiger partial charge in [-0.05, 0) is 18.2 Å². The van der Waals surface area contributed by atoms with Crippen molar-refractivity contribution in [3.05, 3.63) is 46.0 Å². The molecule has 2 aromatic heterocycles. The van der Waals surface area contributed by atoms with E-state index >= 15 is 0 Å². The van der Waals surface area contributed by atoms with Gasteiger partial charge in [0.1, 0.15) is 17.4 Å². The van der Waals surface area contributed by atoms with Crippen LogP contribution in [0.25, 0.3) is 10.9 Å². The molecule has 24 heavy (non-hydrogen) atoms. The first-order valence-corrected chi connectivity index (χ1v) is 8.31. The van der Waals surface area contributed by atoms with E-state index in [0.717, 1.165) is 20.9 Å². The monoisotopic (exact) mass is 343 g/mol. The van der Waals surface area contributed by atoms with Crippen molar-refractivity contribution in [3.8, 4) is 5.75 Å². The third kappa shape index (κ3) is 3.51. The lowest BCUT2D eigenvalue weighted by Crippen LogP contribution is -2.01. The van der Waals surface area contributed by atoms with Gasteiger partial charge in [-0.25, -0.2) is 4.79 Å². The molecule has 0 aliphatic carbocycles. The van der Waals surface area contributed by atoms with Crippen LogP contribution in [0, 0.1) is 0 Å². The standard InChI is InChI=1S/C17H17N3O3S/c1-10(2)16-20-19-15(24-16)9-23-13-5-4-11-6-12(17(21)22-3)8-18-14(11)7-13/h4-8,10H,9H2,1-3H3. The Morgan fingerprint density at radius 1 is 1.25 bits per heavy atom. The summed E-state index contributed by atoms with van der Waals surface area (Å²) in [5.74, 6) is 0.661. The SMILES string of the molecule is COC(=O)c1cnc2cc(OCc3nnc(C(C)C)s3)ccc2c1. The van der Waals surface area contributed by atoms with Gasteiger partial charge in [0.15, 0.2) is 5.01 Å². The van der Waals surface area contributed by atoms with Crippen LogP contribution >= 0.6 is 11.3 Å². The third-order valence-corrected chi connectivity index (χ3v) is 4.61. The molecule has 7 heteroatoms. The second-order valence-corrected chi connectivity index (χ2v) is 6.64. The van der Waals surface area contributed by atoms with Gasteiger partial charge < -0.3 is 9.47 Å². The zero-order valence-electron chi connectivity index (χ0n) is 13.6. The van der Waals surface area contributed by atoms with E-state index in [0.29, 0.717) is 23.8 Å². The van der Waals surface area contributed by atoms with E-state index in [-0.39, 0.29) is 0 Å². The number of rotatable bonds is 5. The molecule has 0 fully saturated rings. The fraction of sp³-hybridized carbons (Fsp3) is 0.294. The Morgan fingerprint density at radius 2 is 2.08 bits per heavy atom. The van der Waals surface area contributed by atoms with E-state index < -0.39 is 5.97 Å². The van der Waals surface area contributed by atoms with Crippen molar-refractivity contribution in [2.45, 2.75) is 26.4 Å². The maximum absolute atomic E-state index is 11.5. The average Bonchev–Trinajstić information content (AvgIpc) is 3.08. The topological polar surface area (TPSA) is 74.2 Å². The normalized spacial score (nSPS) is 11.0. The molecule has 124 valence electrons. The minimum atomic E-state index is -0.401. The van der Waals surface area contributed by atoms with Crippen LogP contribution in [0.3, 0.4) is 0 Å². The quantitative estimate of drug-likeness (QED) is 0.659. The summed E-state index contributed by atoms with van der Waals surface area (Å²) in [4.78, 5) is 15.8. The number of ether oxygens (including phenoxy) is 2. The van der Waals surface area contributed by atoms with Crippen LogP contribution in [0.4, 0.5) is 0 Å². The fourth-order valence-corrected chi connectivity index (χ4v) is 2.88. The van der Waals surface area contributed by atoms with Crippen LogP contribution < -0.4 is 4.74 Å². The van der Waals surface area contributed by atoms with Crippen molar-refractivity contribution < 1.29 is 14.3 Å². The van der Waals surface area contributed by atoms with E-state index in [9.17, 15) is 4.79 Å². The number of nitrogens with zero attached hydrogens (tertiary/aromatic N) is 3. The molecule has 2 heterocycles. The second kappa shape index (κ2) is 6.92. The number of esters is 1. The minimum Gasteiger partial charge on any atom is -0.486 e. The lowest BCUT2D eigenvalue weighted by Gasteiger charge is -2.06. The maximum Gasteiger partial charge on any atom is 0.339 e. The molecule has 0 atom stereocenters. The van der Waals surface area contributed by atoms with Crippen molar-refractivity contribution in [1.29, 1.82) is 0 Å². The molecule has 0 saturated heterocycles. The van der Waals surface area contributed by atoms with Crippen LogP contribution in [0.5, 0.6) is 5.75 Å². The molecule has 1 aromatic carbocycles. The predicted octanol–water partition coefficient (Wildman–Crippen LogP) is 3.58. The summed E-state index contributed by atoms with van der Waals surface area (Å²) >= 11 is 1.56. The largest absolute Gasteiger partial charge is 0.486 e. The highest BCUT2D eigenvalue weighted by Gasteiger charge is 2.10. The van der Waals surface area contributed by atoms with Gasteiger partial charge in [-0.3, -0.25) is 4.98 Å². The molecule has 3 aromatic rings. The molecule has 0 saturated carbocycles. The molecule has 3 rings (SSSR count). The smallest absolute Gasteiger partial charge is 0.339 e. The van der Waals surface area contributed by atoms with Gasteiger partial charge in [-0.15, -0.1) is 10.2 Å². The summed E-state index contributed by atoms with van der Waals surface area (Å²) in [6, 6.07) is 7.29. The third-order valence-electron chi connectivity index (χ3n) is 3.42. The maximum atomic E-state index is 11.5. The number of carbonyl (C=O) groups is 1. The molecule has 0 spiro atoms. The van der Waals surface area contributed by atoms with Crippen molar-refractivity contribution in [2.24, 2.45) is 0 Å². The van der Waals surface area contributed by atoms with E-state index in [4.69, 9.17) is 9.47 Å². The van der Waals surface area contributed by atoms with Crippen LogP contribution in [0.2, 0.25) is 0 Å². The lowest BCUT2D eigenvalue weighted by molar-refractivity contribution is 0.0600. The van der Waals surface area contributed by atoms with Crippen molar-refractivity contribution in [3.63, 3.8) is 0 Å². The first kappa shape index (κ1) is 16.3. The second-order valence-electron chi connectivity index (χ2n) is 5.55. The Balaban J connectivity index is 1.74. The van der Waals surface area contributed by atoms with E-state index in [1.165, 1.54) is 13.3 Å². The fourth-order valence-electron chi connectivity index (χ4n) is 2.12. The van der Waals surface area contributed by atoms with Gasteiger partial charge in [0, 0.05) is 23.6 Å². The van der Waals surface area contributed by atoms with Gasteiger partial charge in [0.2, 0.25) is 0 Å². The molecule has 0 unspecified atom stereocenters. The molecule has 0 aliphatic rings. The van der Waals surface area contributed by atoms with E-state index in [1.54, 1.807) is 17.4 Å². The summed E-state index contributed by atoms with van der Waals surface area (Å²) in [6.07, 6.45) is 1.50. The molecule has 0 amide bonds. The number of aromatic nitrogens is 3. The van der Waals surface area contributed by atoms with E-state index in [2.05, 4.69) is 29.0 Å². The van der Waals surface area contributed by atoms with Gasteiger partial charge in [-0.1, -0.05) is 25.2 Å². The van der Waals surface area contributed by atoms with Gasteiger partial charge in [0.25, 0.3) is 0 Å². The number of hydrogen-bond donors (Lipinski definition) is 0. The van der Waals surface area contributed by atoms with Gasteiger partial charge >= 0.3 is 5.97 Å². The first-order chi connectivity index (χ1) is 11.6. The Morgan fingerprint density at radius 3 is 2.79 bits per heavy atom. The van der Waals surface area contributed by atoms with Crippen LogP contribution in [-0.2, 0) is 11.3 Å². The highest BCUT2D eigenvalue weighted by molar-refractivity contribution is 7.11. The predicted molar refractivity (Wildman–Crippen MR) is 91.4 cm³/mol. The summed E-state index contributed by atoms with van der Waals surface area (Å²) in [5, 5.41) is 11.0. The molecule has 0 N–H and O–H groups in total. The average molecular weight is 343 g/mol. The first-order valence-electron chi connectivity index (χ1n) is 7.50. The van der Waals surface area contributed by atoms with Crippen LogP contribution in [-0.4, -0.2) is 28.3 Å². The Labute approximate surface area is 143 Å². The zero-order valence-corrected chi connectivity index (χ0v) is 14.5. The number of hydrogen-bond acceptors (Lipinski definition) is 7.